The third kappa shape index (κ3) is 7.09. The highest BCUT2D eigenvalue weighted by molar-refractivity contribution is 5.96. The van der Waals surface area contributed by atoms with Crippen LogP contribution >= 0.6 is 0 Å². The third-order valence-electron chi connectivity index (χ3n) is 7.99. The molecule has 0 radical (unpaired) electrons. The van der Waals surface area contributed by atoms with E-state index in [-0.39, 0.29) is 12.1 Å². The first-order valence-corrected chi connectivity index (χ1v) is 15.7. The van der Waals surface area contributed by atoms with E-state index in [0.29, 0.717) is 44.6 Å². The standard InChI is InChI=1S/C37H41N5O4/c1-26-23-41(20-21-42(26)36(43)46-37(2,3)4)29-16-17-30-32(22-29)40(5)39-34(30)31-18-19-33(44-24-27-12-8-6-9-13-27)38-35(31)45-25-28-14-10-7-11-15-28/h6-19,22,26H,20-21,23-25H2,1-5H3/t26-/m0/s1. The molecule has 0 unspecified atom stereocenters. The Bertz CT molecular complexity index is 1800. The highest BCUT2D eigenvalue weighted by Gasteiger charge is 2.31. The molecule has 1 aliphatic heterocycles. The van der Waals surface area contributed by atoms with Gasteiger partial charge in [-0.3, -0.25) is 4.68 Å². The van der Waals surface area contributed by atoms with Crippen LogP contribution in [-0.4, -0.2) is 57.0 Å². The van der Waals surface area contributed by atoms with Crippen molar-refractivity contribution < 1.29 is 19.0 Å². The Morgan fingerprint density at radius 1 is 0.870 bits per heavy atom. The van der Waals surface area contributed by atoms with Crippen LogP contribution in [0.15, 0.2) is 91.0 Å². The lowest BCUT2D eigenvalue weighted by Gasteiger charge is -2.41. The molecule has 1 saturated heterocycles. The van der Waals surface area contributed by atoms with E-state index in [9.17, 15) is 4.79 Å². The van der Waals surface area contributed by atoms with Crippen LogP contribution in [0, 0.1) is 0 Å². The predicted octanol–water partition coefficient (Wildman–Crippen LogP) is 7.24. The first-order valence-electron chi connectivity index (χ1n) is 15.7. The Labute approximate surface area is 270 Å². The highest BCUT2D eigenvalue weighted by Crippen LogP contribution is 2.37. The van der Waals surface area contributed by atoms with Crippen molar-refractivity contribution in [1.82, 2.24) is 19.7 Å². The van der Waals surface area contributed by atoms with Crippen LogP contribution in [0.3, 0.4) is 0 Å². The molecule has 0 spiro atoms. The van der Waals surface area contributed by atoms with Gasteiger partial charge >= 0.3 is 6.09 Å². The normalized spacial score (nSPS) is 15.2. The molecule has 9 nitrogen and oxygen atoms in total. The summed E-state index contributed by atoms with van der Waals surface area (Å²) in [5.74, 6) is 0.948. The maximum Gasteiger partial charge on any atom is 0.410 e. The van der Waals surface area contributed by atoms with Gasteiger partial charge in [0.15, 0.2) is 0 Å². The molecule has 5 aromatic rings. The van der Waals surface area contributed by atoms with E-state index in [2.05, 4.69) is 30.0 Å². The number of aromatic nitrogens is 3. The summed E-state index contributed by atoms with van der Waals surface area (Å²) in [6.07, 6.45) is -0.262. The molecule has 0 saturated carbocycles. The number of piperazine rings is 1. The Kier molecular flexibility index (Phi) is 8.83. The minimum Gasteiger partial charge on any atom is -0.473 e. The van der Waals surface area contributed by atoms with E-state index >= 15 is 0 Å². The van der Waals surface area contributed by atoms with Crippen LogP contribution in [0.4, 0.5) is 10.5 Å². The number of pyridine rings is 1. The molecule has 46 heavy (non-hydrogen) atoms. The average Bonchev–Trinajstić information content (AvgIpc) is 3.38. The molecule has 6 rings (SSSR count). The molecule has 0 N–H and O–H groups in total. The number of fused-ring (bicyclic) bond motifs is 1. The number of carbonyl (C=O) groups excluding carboxylic acids is 1. The maximum atomic E-state index is 12.8. The fourth-order valence-corrected chi connectivity index (χ4v) is 5.68. The van der Waals surface area contributed by atoms with Crippen molar-refractivity contribution in [2.45, 2.75) is 52.6 Å². The molecule has 238 valence electrons. The van der Waals surface area contributed by atoms with Crippen molar-refractivity contribution >= 4 is 22.7 Å². The number of ether oxygens (including phenoxy) is 3. The lowest BCUT2D eigenvalue weighted by Crippen LogP contribution is -2.55. The second kappa shape index (κ2) is 13.1. The van der Waals surface area contributed by atoms with E-state index in [0.717, 1.165) is 39.0 Å². The van der Waals surface area contributed by atoms with Crippen LogP contribution in [0.25, 0.3) is 22.2 Å². The topological polar surface area (TPSA) is 82.0 Å². The number of nitrogens with zero attached hydrogens (tertiary/aromatic N) is 5. The molecular formula is C37H41N5O4. The molecule has 1 aliphatic rings. The zero-order chi connectivity index (χ0) is 32.3. The Balaban J connectivity index is 1.26. The molecule has 1 amide bonds. The summed E-state index contributed by atoms with van der Waals surface area (Å²) in [5.41, 5.74) is 5.25. The number of benzene rings is 3. The van der Waals surface area contributed by atoms with Crippen molar-refractivity contribution in [1.29, 1.82) is 0 Å². The smallest absolute Gasteiger partial charge is 0.410 e. The fourth-order valence-electron chi connectivity index (χ4n) is 5.68. The Morgan fingerprint density at radius 2 is 1.54 bits per heavy atom. The summed E-state index contributed by atoms with van der Waals surface area (Å²) in [7, 11) is 1.95. The van der Waals surface area contributed by atoms with Crippen LogP contribution in [-0.2, 0) is 25.0 Å². The van der Waals surface area contributed by atoms with Gasteiger partial charge in [0.25, 0.3) is 0 Å². The highest BCUT2D eigenvalue weighted by atomic mass is 16.6. The van der Waals surface area contributed by atoms with E-state index in [1.54, 1.807) is 0 Å². The van der Waals surface area contributed by atoms with Gasteiger partial charge in [0, 0.05) is 49.9 Å². The fraction of sp³-hybridized carbons (Fsp3) is 0.324. The number of hydrogen-bond donors (Lipinski definition) is 0. The van der Waals surface area contributed by atoms with Gasteiger partial charge in [0.05, 0.1) is 11.1 Å². The average molecular weight is 620 g/mol. The molecule has 2 aromatic heterocycles. The number of aryl methyl sites for hydroxylation is 1. The van der Waals surface area contributed by atoms with E-state index < -0.39 is 5.60 Å². The Hall–Kier alpha value is -5.05. The summed E-state index contributed by atoms with van der Waals surface area (Å²) in [4.78, 5) is 21.7. The van der Waals surface area contributed by atoms with Crippen LogP contribution in [0.2, 0.25) is 0 Å². The molecule has 1 fully saturated rings. The molecule has 3 heterocycles. The summed E-state index contributed by atoms with van der Waals surface area (Å²) >= 11 is 0. The monoisotopic (exact) mass is 619 g/mol. The number of carbonyl (C=O) groups is 1. The van der Waals surface area contributed by atoms with Gasteiger partial charge in [-0.1, -0.05) is 60.7 Å². The van der Waals surface area contributed by atoms with Crippen molar-refractivity contribution in [3.8, 4) is 23.0 Å². The van der Waals surface area contributed by atoms with Gasteiger partial charge in [0.2, 0.25) is 11.8 Å². The summed E-state index contributed by atoms with van der Waals surface area (Å²) < 4.78 is 19.9. The lowest BCUT2D eigenvalue weighted by atomic mass is 10.1. The third-order valence-corrected chi connectivity index (χ3v) is 7.99. The summed E-state index contributed by atoms with van der Waals surface area (Å²) in [5, 5.41) is 5.93. The molecule has 0 bridgehead atoms. The number of rotatable bonds is 8. The number of anilines is 1. The molecule has 0 aliphatic carbocycles. The van der Waals surface area contributed by atoms with Crippen LogP contribution < -0.4 is 14.4 Å². The SMILES string of the molecule is C[C@H]1CN(c2ccc3c(-c4ccc(OCc5ccccc5)nc4OCc4ccccc4)nn(C)c3c2)CCN1C(=O)OC(C)(C)C. The van der Waals surface area contributed by atoms with Crippen LogP contribution in [0.1, 0.15) is 38.8 Å². The van der Waals surface area contributed by atoms with Crippen molar-refractivity contribution in [2.24, 2.45) is 7.05 Å². The van der Waals surface area contributed by atoms with Gasteiger partial charge in [-0.15, -0.1) is 0 Å². The first-order chi connectivity index (χ1) is 22.1. The van der Waals surface area contributed by atoms with Gasteiger partial charge in [-0.2, -0.15) is 10.1 Å². The first kappa shape index (κ1) is 31.0. The predicted molar refractivity (Wildman–Crippen MR) is 180 cm³/mol. The summed E-state index contributed by atoms with van der Waals surface area (Å²) in [6, 6.07) is 30.3. The van der Waals surface area contributed by atoms with Gasteiger partial charge in [0.1, 0.15) is 24.5 Å². The minimum atomic E-state index is -0.520. The molecular weight excluding hydrogens is 578 g/mol. The largest absolute Gasteiger partial charge is 0.473 e. The second-order valence-corrected chi connectivity index (χ2v) is 12.7. The van der Waals surface area contributed by atoms with Crippen molar-refractivity contribution in [3.05, 3.63) is 102 Å². The Morgan fingerprint density at radius 3 is 2.20 bits per heavy atom. The number of amides is 1. The quantitative estimate of drug-likeness (QED) is 0.181. The minimum absolute atomic E-state index is 0.0133. The summed E-state index contributed by atoms with van der Waals surface area (Å²) in [6.45, 7) is 10.5. The number of hydrogen-bond acceptors (Lipinski definition) is 7. The van der Waals surface area contributed by atoms with Gasteiger partial charge in [-0.05, 0) is 63.1 Å². The maximum absolute atomic E-state index is 12.8. The van der Waals surface area contributed by atoms with Crippen molar-refractivity contribution in [3.63, 3.8) is 0 Å². The van der Waals surface area contributed by atoms with Crippen molar-refractivity contribution in [2.75, 3.05) is 24.5 Å². The zero-order valence-corrected chi connectivity index (χ0v) is 27.1. The van der Waals surface area contributed by atoms with E-state index in [4.69, 9.17) is 24.3 Å². The zero-order valence-electron chi connectivity index (χ0n) is 27.1. The molecule has 9 heteroatoms. The second-order valence-electron chi connectivity index (χ2n) is 12.7. The van der Waals surface area contributed by atoms with Gasteiger partial charge < -0.3 is 24.0 Å². The lowest BCUT2D eigenvalue weighted by molar-refractivity contribution is 0.0159. The molecule has 3 aromatic carbocycles. The van der Waals surface area contributed by atoms with Crippen LogP contribution in [0.5, 0.6) is 11.8 Å². The van der Waals surface area contributed by atoms with Gasteiger partial charge in [-0.25, -0.2) is 4.79 Å². The molecule has 1 atom stereocenters. The van der Waals surface area contributed by atoms with E-state index in [1.807, 2.05) is 110 Å². The van der Waals surface area contributed by atoms with E-state index in [1.165, 1.54) is 0 Å².